The number of sulfonamides is 1. The van der Waals surface area contributed by atoms with Gasteiger partial charge in [-0.05, 0) is 55.7 Å². The molecule has 0 aliphatic carbocycles. The molecule has 2 aromatic rings. The first-order valence-corrected chi connectivity index (χ1v) is 9.72. The lowest BCUT2D eigenvalue weighted by Gasteiger charge is -2.29. The minimum absolute atomic E-state index is 0.251. The second-order valence-corrected chi connectivity index (χ2v) is 8.32. The van der Waals surface area contributed by atoms with E-state index < -0.39 is 22.2 Å². The molecule has 0 saturated heterocycles. The maximum atomic E-state index is 13.1. The molecule has 25 heavy (non-hydrogen) atoms. The average Bonchev–Trinajstić information content (AvgIpc) is 2.72. The van der Waals surface area contributed by atoms with Crippen molar-refractivity contribution in [2.75, 3.05) is 13.7 Å². The van der Waals surface area contributed by atoms with Gasteiger partial charge in [0.1, 0.15) is 5.75 Å². The van der Waals surface area contributed by atoms with E-state index >= 15 is 0 Å². The van der Waals surface area contributed by atoms with Gasteiger partial charge in [0.25, 0.3) is 0 Å². The quantitative estimate of drug-likeness (QED) is 0.913. The van der Waals surface area contributed by atoms with Crippen LogP contribution in [0.25, 0.3) is 0 Å². The van der Waals surface area contributed by atoms with Gasteiger partial charge in [-0.2, -0.15) is 4.31 Å². The van der Waals surface area contributed by atoms with Crippen LogP contribution in [0.15, 0.2) is 47.4 Å². The molecule has 0 aromatic heterocycles. The Balaban J connectivity index is 1.98. The van der Waals surface area contributed by atoms with Gasteiger partial charge in [0.2, 0.25) is 10.0 Å². The number of aryl methyl sites for hydroxylation is 1. The average molecular weight is 361 g/mol. The van der Waals surface area contributed by atoms with Crippen molar-refractivity contribution in [3.05, 3.63) is 59.2 Å². The molecule has 5 nitrogen and oxygen atoms in total. The highest BCUT2D eigenvalue weighted by Gasteiger charge is 2.36. The monoisotopic (exact) mass is 361 g/mol. The Bertz CT molecular complexity index is 861. The Labute approximate surface area is 148 Å². The largest absolute Gasteiger partial charge is 0.497 e. The third kappa shape index (κ3) is 3.29. The van der Waals surface area contributed by atoms with Gasteiger partial charge in [-0.25, -0.2) is 8.42 Å². The van der Waals surface area contributed by atoms with Crippen molar-refractivity contribution >= 4 is 10.0 Å². The predicted molar refractivity (Wildman–Crippen MR) is 96.2 cm³/mol. The Morgan fingerprint density at radius 3 is 2.48 bits per heavy atom. The highest BCUT2D eigenvalue weighted by Crippen LogP contribution is 2.33. The fraction of sp³-hybridized carbons (Fsp3) is 0.368. The molecule has 2 aromatic carbocycles. The van der Waals surface area contributed by atoms with Crippen molar-refractivity contribution in [1.82, 2.24) is 4.31 Å². The lowest BCUT2D eigenvalue weighted by Crippen LogP contribution is -2.41. The van der Waals surface area contributed by atoms with E-state index in [1.807, 2.05) is 19.1 Å². The first-order chi connectivity index (χ1) is 11.8. The van der Waals surface area contributed by atoms with Crippen LogP contribution in [0.5, 0.6) is 5.75 Å². The van der Waals surface area contributed by atoms with Crippen molar-refractivity contribution in [2.24, 2.45) is 0 Å². The Morgan fingerprint density at radius 2 is 1.84 bits per heavy atom. The topological polar surface area (TPSA) is 66.8 Å². The first-order valence-electron chi connectivity index (χ1n) is 8.28. The summed E-state index contributed by atoms with van der Waals surface area (Å²) in [6, 6.07) is 11.7. The molecule has 0 fully saturated rings. The van der Waals surface area contributed by atoms with Crippen molar-refractivity contribution < 1.29 is 18.3 Å². The summed E-state index contributed by atoms with van der Waals surface area (Å²) in [5.74, 6) is 0.702. The summed E-state index contributed by atoms with van der Waals surface area (Å²) in [7, 11) is -2.09. The van der Waals surface area contributed by atoms with E-state index in [0.29, 0.717) is 18.7 Å². The van der Waals surface area contributed by atoms with Crippen molar-refractivity contribution in [3.8, 4) is 5.75 Å². The van der Waals surface area contributed by atoms with Gasteiger partial charge in [-0.3, -0.25) is 0 Å². The summed E-state index contributed by atoms with van der Waals surface area (Å²) in [5.41, 5.74) is 2.68. The van der Waals surface area contributed by atoms with Crippen LogP contribution in [0, 0.1) is 6.92 Å². The lowest BCUT2D eigenvalue weighted by molar-refractivity contribution is 0.104. The number of hydrogen-bond acceptors (Lipinski definition) is 4. The molecule has 2 atom stereocenters. The maximum absolute atomic E-state index is 13.1. The van der Waals surface area contributed by atoms with Gasteiger partial charge in [0, 0.05) is 6.54 Å². The van der Waals surface area contributed by atoms with Crippen molar-refractivity contribution in [1.29, 1.82) is 0 Å². The highest BCUT2D eigenvalue weighted by atomic mass is 32.2. The number of hydrogen-bond donors (Lipinski definition) is 1. The molecule has 0 amide bonds. The molecule has 0 unspecified atom stereocenters. The fourth-order valence-corrected chi connectivity index (χ4v) is 4.89. The van der Waals surface area contributed by atoms with Gasteiger partial charge >= 0.3 is 0 Å². The fourth-order valence-electron chi connectivity index (χ4n) is 3.25. The number of nitrogens with zero attached hydrogens (tertiary/aromatic N) is 1. The van der Waals surface area contributed by atoms with Gasteiger partial charge < -0.3 is 9.84 Å². The van der Waals surface area contributed by atoms with E-state index in [0.717, 1.165) is 16.7 Å². The third-order valence-electron chi connectivity index (χ3n) is 4.81. The zero-order valence-corrected chi connectivity index (χ0v) is 15.5. The van der Waals surface area contributed by atoms with E-state index in [1.165, 1.54) is 4.31 Å². The number of ether oxygens (including phenoxy) is 1. The van der Waals surface area contributed by atoms with Crippen LogP contribution in [0.2, 0.25) is 0 Å². The summed E-state index contributed by atoms with van der Waals surface area (Å²) in [6.07, 6.45) is -0.359. The molecule has 0 bridgehead atoms. The number of aliphatic hydroxyl groups excluding tert-OH is 1. The van der Waals surface area contributed by atoms with Gasteiger partial charge in [-0.15, -0.1) is 0 Å². The number of fused-ring (bicyclic) bond motifs is 1. The minimum atomic E-state index is -3.68. The van der Waals surface area contributed by atoms with Gasteiger partial charge in [0.15, 0.2) is 0 Å². The number of aliphatic hydroxyl groups is 1. The molecule has 0 saturated carbocycles. The second-order valence-electron chi connectivity index (χ2n) is 6.43. The molecular weight excluding hydrogens is 338 g/mol. The second kappa shape index (κ2) is 6.78. The lowest BCUT2D eigenvalue weighted by atomic mass is 9.98. The van der Waals surface area contributed by atoms with Crippen LogP contribution in [0.1, 0.15) is 29.7 Å². The predicted octanol–water partition coefficient (Wildman–Crippen LogP) is 2.67. The van der Waals surface area contributed by atoms with E-state index in [9.17, 15) is 13.5 Å². The SMILES string of the molecule is COc1ccc2c(c1)CCN(S(=O)(=O)c1ccc(C)cc1)[C@@H](C)[C@@H]2O. The van der Waals surface area contributed by atoms with Crippen LogP contribution in [-0.2, 0) is 16.4 Å². The number of rotatable bonds is 3. The minimum Gasteiger partial charge on any atom is -0.497 e. The van der Waals surface area contributed by atoms with Crippen LogP contribution in [-0.4, -0.2) is 37.5 Å². The molecule has 1 heterocycles. The molecule has 134 valence electrons. The van der Waals surface area contributed by atoms with E-state index in [4.69, 9.17) is 4.74 Å². The first kappa shape index (κ1) is 17.9. The third-order valence-corrected chi connectivity index (χ3v) is 6.81. The number of methoxy groups -OCH3 is 1. The zero-order valence-electron chi connectivity index (χ0n) is 14.6. The molecule has 1 aliphatic heterocycles. The molecule has 6 heteroatoms. The molecule has 0 spiro atoms. The van der Waals surface area contributed by atoms with Crippen LogP contribution in [0.3, 0.4) is 0 Å². The smallest absolute Gasteiger partial charge is 0.243 e. The Morgan fingerprint density at radius 1 is 1.16 bits per heavy atom. The highest BCUT2D eigenvalue weighted by molar-refractivity contribution is 7.89. The van der Waals surface area contributed by atoms with Gasteiger partial charge in [0.05, 0.1) is 24.2 Å². The molecule has 1 N–H and O–H groups in total. The van der Waals surface area contributed by atoms with E-state index in [-0.39, 0.29) is 4.90 Å². The molecule has 1 aliphatic rings. The summed E-state index contributed by atoms with van der Waals surface area (Å²) in [6.45, 7) is 3.98. The summed E-state index contributed by atoms with van der Waals surface area (Å²) in [4.78, 5) is 0.251. The number of benzene rings is 2. The van der Waals surface area contributed by atoms with E-state index in [2.05, 4.69) is 0 Å². The molecule has 0 radical (unpaired) electrons. The summed E-state index contributed by atoms with van der Waals surface area (Å²) >= 11 is 0. The Kier molecular flexibility index (Phi) is 4.86. The van der Waals surface area contributed by atoms with Gasteiger partial charge in [-0.1, -0.05) is 23.8 Å². The van der Waals surface area contributed by atoms with Crippen molar-refractivity contribution in [3.63, 3.8) is 0 Å². The zero-order chi connectivity index (χ0) is 18.2. The van der Waals surface area contributed by atoms with Crippen LogP contribution in [0.4, 0.5) is 0 Å². The molecular formula is C19H23NO4S. The summed E-state index contributed by atoms with van der Waals surface area (Å²) in [5, 5.41) is 10.8. The maximum Gasteiger partial charge on any atom is 0.243 e. The Hall–Kier alpha value is -1.89. The standard InChI is InChI=1S/C19H23NO4S/c1-13-4-7-17(8-5-13)25(22,23)20-11-10-15-12-16(24-3)6-9-18(15)19(21)14(20)2/h4-9,12,14,19,21H,10-11H2,1-3H3/t14-,19-/m0/s1. The normalized spacial score (nSPS) is 21.4. The van der Waals surface area contributed by atoms with Crippen molar-refractivity contribution in [2.45, 2.75) is 37.3 Å². The summed E-state index contributed by atoms with van der Waals surface area (Å²) < 4.78 is 32.8. The van der Waals surface area contributed by atoms with E-state index in [1.54, 1.807) is 44.4 Å². The molecule has 3 rings (SSSR count). The van der Waals surface area contributed by atoms with Crippen LogP contribution >= 0.6 is 0 Å². The van der Waals surface area contributed by atoms with Crippen LogP contribution < -0.4 is 4.74 Å².